The molecule has 6 aromatic rings. The molecule has 0 saturated carbocycles. The third kappa shape index (κ3) is 6.16. The molecule has 0 saturated heterocycles. The van der Waals surface area contributed by atoms with Crippen LogP contribution in [-0.4, -0.2) is 40.3 Å². The average Bonchev–Trinajstić information content (AvgIpc) is 2.98. The Morgan fingerprint density at radius 1 is 0.675 bits per heavy atom. The van der Waals surface area contributed by atoms with Crippen LogP contribution in [0.4, 0.5) is 8.78 Å². The lowest BCUT2D eigenvalue weighted by atomic mass is 10.0. The van der Waals surface area contributed by atoms with Crippen LogP contribution >= 0.6 is 0 Å². The standard InChI is InChI=1S/C17H15FN2O2.C14H9FN2O/c1-21-8-9-22-17-15-10-13(4-7-16(15)19-11-20-17)12-2-5-14(18)6-3-12;15-11-4-1-9(2-5-11)10-3-6-13-12(7-10)14(18)17-8-16-13/h2-7,10-11H,8-9H2,1H3;1-8H,(H,16,17,18). The summed E-state index contributed by atoms with van der Waals surface area (Å²) in [5.41, 5.74) is 4.87. The second-order valence-electron chi connectivity index (χ2n) is 8.73. The van der Waals surface area contributed by atoms with Gasteiger partial charge in [0.05, 0.1) is 34.7 Å². The largest absolute Gasteiger partial charge is 0.475 e. The van der Waals surface area contributed by atoms with Gasteiger partial charge in [-0.1, -0.05) is 36.4 Å². The van der Waals surface area contributed by atoms with Gasteiger partial charge in [-0.15, -0.1) is 0 Å². The monoisotopic (exact) mass is 538 g/mol. The lowest BCUT2D eigenvalue weighted by Gasteiger charge is -2.09. The van der Waals surface area contributed by atoms with Crippen molar-refractivity contribution in [3.8, 4) is 28.1 Å². The Hall–Kier alpha value is -5.02. The Labute approximate surface area is 228 Å². The maximum Gasteiger partial charge on any atom is 0.258 e. The first kappa shape index (κ1) is 26.6. The molecule has 0 radical (unpaired) electrons. The van der Waals surface area contributed by atoms with Gasteiger partial charge in [0, 0.05) is 7.11 Å². The molecule has 40 heavy (non-hydrogen) atoms. The number of ether oxygens (including phenoxy) is 2. The smallest absolute Gasteiger partial charge is 0.258 e. The van der Waals surface area contributed by atoms with Gasteiger partial charge in [0.15, 0.2) is 0 Å². The zero-order valence-electron chi connectivity index (χ0n) is 21.5. The van der Waals surface area contributed by atoms with Gasteiger partial charge in [0.2, 0.25) is 5.88 Å². The van der Waals surface area contributed by atoms with E-state index in [0.717, 1.165) is 33.2 Å². The van der Waals surface area contributed by atoms with Gasteiger partial charge in [0.1, 0.15) is 24.6 Å². The quantitative estimate of drug-likeness (QED) is 0.254. The molecular weight excluding hydrogens is 514 g/mol. The van der Waals surface area contributed by atoms with E-state index in [1.807, 2.05) is 24.3 Å². The summed E-state index contributed by atoms with van der Waals surface area (Å²) in [4.78, 5) is 26.7. The van der Waals surface area contributed by atoms with E-state index < -0.39 is 0 Å². The highest BCUT2D eigenvalue weighted by Crippen LogP contribution is 2.28. The predicted molar refractivity (Wildman–Crippen MR) is 150 cm³/mol. The van der Waals surface area contributed by atoms with Gasteiger partial charge < -0.3 is 14.5 Å². The molecule has 0 spiro atoms. The number of methoxy groups -OCH3 is 1. The molecule has 0 unspecified atom stereocenters. The summed E-state index contributed by atoms with van der Waals surface area (Å²) < 4.78 is 36.5. The van der Waals surface area contributed by atoms with Crippen LogP contribution in [-0.2, 0) is 4.74 Å². The molecule has 0 aliphatic heterocycles. The van der Waals surface area contributed by atoms with Crippen molar-refractivity contribution in [3.63, 3.8) is 0 Å². The van der Waals surface area contributed by atoms with E-state index in [4.69, 9.17) is 9.47 Å². The van der Waals surface area contributed by atoms with Gasteiger partial charge in [-0.05, 0) is 70.8 Å². The lowest BCUT2D eigenvalue weighted by Crippen LogP contribution is -2.06. The second-order valence-corrected chi connectivity index (χ2v) is 8.73. The molecule has 6 rings (SSSR count). The van der Waals surface area contributed by atoms with E-state index in [2.05, 4.69) is 19.9 Å². The Morgan fingerprint density at radius 2 is 1.23 bits per heavy atom. The molecule has 0 aliphatic carbocycles. The van der Waals surface area contributed by atoms with Crippen LogP contribution in [0, 0.1) is 11.6 Å². The molecule has 0 bridgehead atoms. The highest BCUT2D eigenvalue weighted by atomic mass is 19.1. The highest BCUT2D eigenvalue weighted by Gasteiger charge is 2.08. The summed E-state index contributed by atoms with van der Waals surface area (Å²) >= 11 is 0. The van der Waals surface area contributed by atoms with Gasteiger partial charge in [-0.3, -0.25) is 4.79 Å². The van der Waals surface area contributed by atoms with Crippen LogP contribution in [0.1, 0.15) is 0 Å². The average molecular weight is 539 g/mol. The summed E-state index contributed by atoms with van der Waals surface area (Å²) in [5, 5.41) is 1.35. The number of nitrogens with one attached hydrogen (secondary N) is 1. The van der Waals surface area contributed by atoms with Crippen LogP contribution in [0.2, 0.25) is 0 Å². The fourth-order valence-corrected chi connectivity index (χ4v) is 4.08. The fourth-order valence-electron chi connectivity index (χ4n) is 4.08. The molecule has 4 aromatic carbocycles. The van der Waals surface area contributed by atoms with Gasteiger partial charge in [-0.25, -0.2) is 23.7 Å². The molecule has 0 amide bonds. The van der Waals surface area contributed by atoms with Gasteiger partial charge >= 0.3 is 0 Å². The minimum atomic E-state index is -0.279. The fraction of sp³-hybridized carbons (Fsp3) is 0.0968. The molecular formula is C31H24F2N4O3. The number of fused-ring (bicyclic) bond motifs is 2. The Balaban J connectivity index is 0.000000164. The number of aromatic amines is 1. The Kier molecular flexibility index (Phi) is 8.13. The van der Waals surface area contributed by atoms with Crippen molar-refractivity contribution in [2.24, 2.45) is 0 Å². The summed E-state index contributed by atoms with van der Waals surface area (Å²) in [6, 6.07) is 23.7. The van der Waals surface area contributed by atoms with Crippen molar-refractivity contribution >= 4 is 21.8 Å². The van der Waals surface area contributed by atoms with Crippen LogP contribution in [0.5, 0.6) is 5.88 Å². The van der Waals surface area contributed by atoms with E-state index in [-0.39, 0.29) is 17.2 Å². The first-order valence-corrected chi connectivity index (χ1v) is 12.4. The molecule has 200 valence electrons. The molecule has 2 heterocycles. The predicted octanol–water partition coefficient (Wildman–Crippen LogP) is 6.19. The van der Waals surface area contributed by atoms with Crippen molar-refractivity contribution in [2.45, 2.75) is 0 Å². The van der Waals surface area contributed by atoms with E-state index >= 15 is 0 Å². The van der Waals surface area contributed by atoms with Crippen molar-refractivity contribution in [1.29, 1.82) is 0 Å². The molecule has 9 heteroatoms. The molecule has 2 aromatic heterocycles. The van der Waals surface area contributed by atoms with E-state index in [9.17, 15) is 13.6 Å². The van der Waals surface area contributed by atoms with E-state index in [1.54, 1.807) is 43.5 Å². The maximum atomic E-state index is 13.0. The molecule has 0 fully saturated rings. The van der Waals surface area contributed by atoms with Crippen LogP contribution in [0.25, 0.3) is 44.1 Å². The highest BCUT2D eigenvalue weighted by molar-refractivity contribution is 5.88. The molecule has 7 nitrogen and oxygen atoms in total. The number of rotatable bonds is 6. The van der Waals surface area contributed by atoms with E-state index in [0.29, 0.717) is 30.0 Å². The van der Waals surface area contributed by atoms with E-state index in [1.165, 1.54) is 36.9 Å². The minimum Gasteiger partial charge on any atom is -0.475 e. The summed E-state index contributed by atoms with van der Waals surface area (Å²) in [6.45, 7) is 0.909. The van der Waals surface area contributed by atoms with Crippen molar-refractivity contribution in [1.82, 2.24) is 19.9 Å². The third-order valence-corrected chi connectivity index (χ3v) is 6.12. The summed E-state index contributed by atoms with van der Waals surface area (Å²) in [7, 11) is 1.62. The van der Waals surface area contributed by atoms with Crippen LogP contribution < -0.4 is 10.3 Å². The number of H-pyrrole nitrogens is 1. The van der Waals surface area contributed by atoms with Gasteiger partial charge in [-0.2, -0.15) is 0 Å². The molecule has 0 atom stereocenters. The first-order valence-electron chi connectivity index (χ1n) is 12.4. The lowest BCUT2D eigenvalue weighted by molar-refractivity contribution is 0.144. The Bertz CT molecular complexity index is 1810. The SMILES string of the molecule is COCCOc1ncnc2ccc(-c3ccc(F)cc3)cc12.O=c1[nH]cnc2ccc(-c3ccc(F)cc3)cc12. The second kappa shape index (κ2) is 12.2. The number of benzene rings is 4. The minimum absolute atomic E-state index is 0.177. The van der Waals surface area contributed by atoms with Crippen molar-refractivity contribution < 1.29 is 18.3 Å². The topological polar surface area (TPSA) is 90.0 Å². The van der Waals surface area contributed by atoms with Crippen molar-refractivity contribution in [3.05, 3.63) is 120 Å². The number of nitrogens with zero attached hydrogens (tertiary/aromatic N) is 3. The normalized spacial score (nSPS) is 10.8. The number of hydrogen-bond acceptors (Lipinski definition) is 6. The summed E-state index contributed by atoms with van der Waals surface area (Å²) in [5.74, 6) is -0.0125. The summed E-state index contributed by atoms with van der Waals surface area (Å²) in [6.07, 6.45) is 2.85. The third-order valence-electron chi connectivity index (χ3n) is 6.12. The number of halogens is 2. The molecule has 1 N–H and O–H groups in total. The zero-order chi connectivity index (χ0) is 27.9. The maximum absolute atomic E-state index is 13.0. The molecule has 0 aliphatic rings. The Morgan fingerprint density at radius 3 is 1.82 bits per heavy atom. The van der Waals surface area contributed by atoms with Crippen LogP contribution in [0.15, 0.2) is 102 Å². The van der Waals surface area contributed by atoms with Crippen molar-refractivity contribution in [2.75, 3.05) is 20.3 Å². The van der Waals surface area contributed by atoms with Gasteiger partial charge in [0.25, 0.3) is 5.56 Å². The first-order chi connectivity index (χ1) is 19.5. The zero-order valence-corrected chi connectivity index (χ0v) is 21.5. The van der Waals surface area contributed by atoms with Crippen LogP contribution in [0.3, 0.4) is 0 Å². The number of aromatic nitrogens is 4. The number of hydrogen-bond donors (Lipinski definition) is 1.